The van der Waals surface area contributed by atoms with Crippen LogP contribution in [-0.4, -0.2) is 33.7 Å². The van der Waals surface area contributed by atoms with Crippen LogP contribution >= 0.6 is 0 Å². The van der Waals surface area contributed by atoms with E-state index in [1.807, 2.05) is 41.2 Å². The number of pyridine rings is 3. The van der Waals surface area contributed by atoms with Crippen LogP contribution in [0.25, 0.3) is 77.4 Å². The zero-order valence-electron chi connectivity index (χ0n) is 28.7. The van der Waals surface area contributed by atoms with Gasteiger partial charge >= 0.3 is 21.1 Å². The summed E-state index contributed by atoms with van der Waals surface area (Å²) in [7, 11) is 0. The van der Waals surface area contributed by atoms with Gasteiger partial charge < -0.3 is 13.5 Å². The molecule has 8 nitrogen and oxygen atoms in total. The van der Waals surface area contributed by atoms with Gasteiger partial charge in [0.1, 0.15) is 17.6 Å². The Morgan fingerprint density at radius 2 is 1.21 bits per heavy atom. The Morgan fingerprint density at radius 1 is 0.577 bits per heavy atom. The molecule has 9 heteroatoms. The van der Waals surface area contributed by atoms with E-state index in [0.717, 1.165) is 77.4 Å². The van der Waals surface area contributed by atoms with Gasteiger partial charge in [-0.15, -0.1) is 12.1 Å². The SMILES string of the molecule is Cc1cccc(C)c1-c1ccc2c3ccc(Oc4[c-]c5c(cc4)c4cncnc4n4ccnc54)[c-]c3c3ncc(-c4c(C)cccc4C)n3c2n1.[Pt+2]. The summed E-state index contributed by atoms with van der Waals surface area (Å²) in [4.78, 5) is 23.8. The maximum Gasteiger partial charge on any atom is 2.00 e. The average molecular weight is 855 g/mol. The van der Waals surface area contributed by atoms with E-state index in [-0.39, 0.29) is 21.1 Å². The Bertz CT molecular complexity index is 3030. The largest absolute Gasteiger partial charge is 2.00 e. The number of imidazole rings is 2. The van der Waals surface area contributed by atoms with Gasteiger partial charge in [0, 0.05) is 52.8 Å². The molecule has 0 fully saturated rings. The van der Waals surface area contributed by atoms with Gasteiger partial charge in [0.15, 0.2) is 0 Å². The van der Waals surface area contributed by atoms with Crippen LogP contribution in [0.4, 0.5) is 0 Å². The van der Waals surface area contributed by atoms with E-state index >= 15 is 0 Å². The Hall–Kier alpha value is -5.98. The maximum absolute atomic E-state index is 6.49. The van der Waals surface area contributed by atoms with Crippen molar-refractivity contribution in [3.05, 3.63) is 138 Å². The number of rotatable bonds is 4. The fourth-order valence-electron chi connectivity index (χ4n) is 7.68. The number of fused-ring (bicyclic) bond motifs is 12. The summed E-state index contributed by atoms with van der Waals surface area (Å²) in [5.74, 6) is 1.11. The van der Waals surface area contributed by atoms with Gasteiger partial charge in [-0.2, -0.15) is 0 Å². The molecule has 52 heavy (non-hydrogen) atoms. The average Bonchev–Trinajstić information content (AvgIpc) is 3.81. The number of benzene rings is 4. The predicted octanol–water partition coefficient (Wildman–Crippen LogP) is 9.74. The summed E-state index contributed by atoms with van der Waals surface area (Å²) >= 11 is 0. The van der Waals surface area contributed by atoms with Crippen molar-refractivity contribution in [2.75, 3.05) is 0 Å². The first-order chi connectivity index (χ1) is 24.9. The standard InChI is InChI=1S/C43H29N7O.Pt/c1-24-7-5-8-25(2)38(24)36-16-15-32-30-13-11-29(20-34(30)42-46-22-37(50(42)43(32)48-36)39-26(3)9-6-10-27(39)4)51-28-12-14-31-33(19-28)40-45-17-18-49(40)41-35(31)21-44-23-47-41;/h5-18,21-23H,1-4H3;/q-2;+2. The third-order valence-electron chi connectivity index (χ3n) is 9.97. The van der Waals surface area contributed by atoms with Crippen LogP contribution in [0.3, 0.4) is 0 Å². The molecule has 252 valence electrons. The zero-order valence-corrected chi connectivity index (χ0v) is 30.9. The van der Waals surface area contributed by atoms with Crippen molar-refractivity contribution < 1.29 is 25.8 Å². The summed E-state index contributed by atoms with van der Waals surface area (Å²) in [5, 5.41) is 5.55. The van der Waals surface area contributed by atoms with Gasteiger partial charge in [0.2, 0.25) is 0 Å². The molecule has 0 radical (unpaired) electrons. The Balaban J connectivity index is 0.00000360. The van der Waals surface area contributed by atoms with Gasteiger partial charge in [-0.1, -0.05) is 88.3 Å². The smallest absolute Gasteiger partial charge is 0.497 e. The molecule has 0 atom stereocenters. The molecule has 6 aromatic heterocycles. The summed E-state index contributed by atoms with van der Waals surface area (Å²) < 4.78 is 10.6. The second-order valence-corrected chi connectivity index (χ2v) is 13.1. The Labute approximate surface area is 313 Å². The molecule has 0 bridgehead atoms. The topological polar surface area (TPSA) is 82.5 Å². The summed E-state index contributed by atoms with van der Waals surface area (Å²) in [6.45, 7) is 8.57. The Kier molecular flexibility index (Phi) is 7.42. The first-order valence-electron chi connectivity index (χ1n) is 16.8. The third kappa shape index (κ3) is 4.75. The van der Waals surface area contributed by atoms with Crippen molar-refractivity contribution in [1.82, 2.24) is 33.7 Å². The first kappa shape index (κ1) is 32.0. The molecule has 0 unspecified atom stereocenters. The van der Waals surface area contributed by atoms with Crippen LogP contribution in [0.15, 0.2) is 104 Å². The van der Waals surface area contributed by atoms with Crippen LogP contribution in [0.5, 0.6) is 11.5 Å². The van der Waals surface area contributed by atoms with Crippen LogP contribution < -0.4 is 4.74 Å². The Morgan fingerprint density at radius 3 is 1.92 bits per heavy atom. The molecule has 0 N–H and O–H groups in total. The van der Waals surface area contributed by atoms with E-state index in [1.165, 1.54) is 22.3 Å². The van der Waals surface area contributed by atoms with Crippen molar-refractivity contribution >= 4 is 54.9 Å². The summed E-state index contributed by atoms with van der Waals surface area (Å²) in [6, 6.07) is 32.1. The predicted molar refractivity (Wildman–Crippen MR) is 201 cm³/mol. The van der Waals surface area contributed by atoms with Gasteiger partial charge in [0.25, 0.3) is 0 Å². The fraction of sp³-hybridized carbons (Fsp3) is 0.0930. The van der Waals surface area contributed by atoms with Crippen molar-refractivity contribution in [3.63, 3.8) is 0 Å². The molecule has 0 aliphatic carbocycles. The van der Waals surface area contributed by atoms with E-state index in [0.29, 0.717) is 11.5 Å². The quantitative estimate of drug-likeness (QED) is 0.130. The minimum Gasteiger partial charge on any atom is -0.497 e. The number of ether oxygens (including phenoxy) is 1. The molecule has 4 aromatic carbocycles. The number of hydrogen-bond donors (Lipinski definition) is 0. The second kappa shape index (κ2) is 12.1. The maximum atomic E-state index is 6.49. The van der Waals surface area contributed by atoms with Crippen LogP contribution in [0, 0.1) is 39.8 Å². The number of aryl methyl sites for hydroxylation is 4. The van der Waals surface area contributed by atoms with Crippen molar-refractivity contribution in [3.8, 4) is 34.0 Å². The molecule has 6 heterocycles. The number of nitrogens with zero attached hydrogens (tertiary/aromatic N) is 7. The van der Waals surface area contributed by atoms with Gasteiger partial charge in [0.05, 0.1) is 22.7 Å². The van der Waals surface area contributed by atoms with E-state index in [9.17, 15) is 0 Å². The molecular formula is C43H29N7OPt. The molecule has 0 aliphatic heterocycles. The van der Waals surface area contributed by atoms with E-state index in [2.05, 4.69) is 114 Å². The summed E-state index contributed by atoms with van der Waals surface area (Å²) in [6.07, 6.45) is 8.99. The molecule has 0 spiro atoms. The van der Waals surface area contributed by atoms with E-state index in [1.54, 1.807) is 12.5 Å². The van der Waals surface area contributed by atoms with Gasteiger partial charge in [-0.05, 0) is 61.4 Å². The van der Waals surface area contributed by atoms with Crippen LogP contribution in [-0.2, 0) is 21.1 Å². The van der Waals surface area contributed by atoms with E-state index in [4.69, 9.17) is 14.7 Å². The van der Waals surface area contributed by atoms with E-state index < -0.39 is 0 Å². The van der Waals surface area contributed by atoms with Crippen molar-refractivity contribution in [2.24, 2.45) is 0 Å². The molecular weight excluding hydrogens is 826 g/mol. The summed E-state index contributed by atoms with van der Waals surface area (Å²) in [5.41, 5.74) is 12.1. The number of aromatic nitrogens is 7. The normalized spacial score (nSPS) is 11.7. The second-order valence-electron chi connectivity index (χ2n) is 13.1. The molecule has 10 aromatic rings. The molecule has 0 saturated carbocycles. The molecule has 0 amide bonds. The van der Waals surface area contributed by atoms with Crippen molar-refractivity contribution in [2.45, 2.75) is 27.7 Å². The van der Waals surface area contributed by atoms with Crippen molar-refractivity contribution in [1.29, 1.82) is 0 Å². The molecule has 0 saturated heterocycles. The zero-order chi connectivity index (χ0) is 34.4. The van der Waals surface area contributed by atoms with Gasteiger partial charge in [-0.3, -0.25) is 9.97 Å². The van der Waals surface area contributed by atoms with Gasteiger partial charge in [-0.25, -0.2) is 15.0 Å². The third-order valence-corrected chi connectivity index (χ3v) is 9.97. The van der Waals surface area contributed by atoms with Crippen LogP contribution in [0.1, 0.15) is 22.3 Å². The molecule has 10 rings (SSSR count). The monoisotopic (exact) mass is 854 g/mol. The first-order valence-corrected chi connectivity index (χ1v) is 16.8. The molecule has 0 aliphatic rings. The minimum absolute atomic E-state index is 0. The number of hydrogen-bond acceptors (Lipinski definition) is 6. The van der Waals surface area contributed by atoms with Crippen LogP contribution in [0.2, 0.25) is 0 Å². The minimum atomic E-state index is 0. The fourth-order valence-corrected chi connectivity index (χ4v) is 7.68.